The number of hydrogen-bond donors (Lipinski definition) is 3. The number of piperidine rings is 1. The van der Waals surface area contributed by atoms with Gasteiger partial charge < -0.3 is 21.1 Å². The molecular weight excluding hydrogens is 415 g/mol. The van der Waals surface area contributed by atoms with E-state index in [2.05, 4.69) is 23.4 Å². The number of amides is 2. The number of rotatable bonds is 6. The maximum absolute atomic E-state index is 13.2. The number of likely N-dealkylation sites (tertiary alicyclic amines) is 1. The van der Waals surface area contributed by atoms with Gasteiger partial charge in [0.15, 0.2) is 5.82 Å². The van der Waals surface area contributed by atoms with Crippen molar-refractivity contribution >= 4 is 23.5 Å². The maximum Gasteiger partial charge on any atom is 0.407 e. The van der Waals surface area contributed by atoms with Crippen molar-refractivity contribution in [1.82, 2.24) is 14.7 Å². The molecule has 1 aromatic carbocycles. The van der Waals surface area contributed by atoms with E-state index in [0.717, 1.165) is 12.8 Å². The van der Waals surface area contributed by atoms with E-state index in [0.29, 0.717) is 18.5 Å². The van der Waals surface area contributed by atoms with Gasteiger partial charge in [-0.15, -0.1) is 0 Å². The van der Waals surface area contributed by atoms with Crippen molar-refractivity contribution in [3.8, 4) is 6.07 Å². The molecule has 2 heterocycles. The van der Waals surface area contributed by atoms with E-state index in [4.69, 9.17) is 5.73 Å². The van der Waals surface area contributed by atoms with Gasteiger partial charge >= 0.3 is 6.09 Å². The van der Waals surface area contributed by atoms with Gasteiger partial charge in [-0.25, -0.2) is 9.18 Å². The number of nitriles is 1. The fraction of sp³-hybridized carbons (Fsp3) is 0.455. The molecule has 1 aliphatic carbocycles. The maximum atomic E-state index is 13.2. The first-order valence-electron chi connectivity index (χ1n) is 10.5. The Morgan fingerprint density at radius 3 is 2.62 bits per heavy atom. The molecule has 1 aliphatic heterocycles. The molecule has 1 unspecified atom stereocenters. The van der Waals surface area contributed by atoms with Gasteiger partial charge in [0.2, 0.25) is 0 Å². The Morgan fingerprint density at radius 1 is 1.38 bits per heavy atom. The molecule has 0 radical (unpaired) electrons. The number of carbonyl (C=O) groups excluding carboxylic acids is 1. The molecule has 168 valence electrons. The third-order valence-corrected chi connectivity index (χ3v) is 6.51. The van der Waals surface area contributed by atoms with Gasteiger partial charge in [0.1, 0.15) is 11.4 Å². The van der Waals surface area contributed by atoms with Crippen molar-refractivity contribution in [2.24, 2.45) is 17.1 Å². The summed E-state index contributed by atoms with van der Waals surface area (Å²) in [6.45, 7) is 2.38. The average Bonchev–Trinajstić information content (AvgIpc) is 3.32. The molecule has 2 aliphatic rings. The van der Waals surface area contributed by atoms with Crippen LogP contribution in [0.2, 0.25) is 0 Å². The lowest BCUT2D eigenvalue weighted by atomic mass is 9.81. The summed E-state index contributed by atoms with van der Waals surface area (Å²) in [5, 5.41) is 27.1. The minimum absolute atomic E-state index is 0.0306. The highest BCUT2D eigenvalue weighted by molar-refractivity contribution is 5.98. The quantitative estimate of drug-likeness (QED) is 0.629. The number of nitrogens with two attached hydrogens (primary N) is 1. The SMILES string of the molecule is CC1(CC2[C@H](n3cc(C(N)=O)c(Nc4ccc(F)cc4)n3)[C@@H](C#N)CCN2C(=O)O)CC1. The van der Waals surface area contributed by atoms with Crippen molar-refractivity contribution in [2.45, 2.75) is 44.7 Å². The summed E-state index contributed by atoms with van der Waals surface area (Å²) < 4.78 is 14.7. The lowest BCUT2D eigenvalue weighted by Crippen LogP contribution is -2.52. The van der Waals surface area contributed by atoms with Crippen LogP contribution in [0.25, 0.3) is 0 Å². The van der Waals surface area contributed by atoms with E-state index in [-0.39, 0.29) is 23.3 Å². The van der Waals surface area contributed by atoms with Gasteiger partial charge in [0.05, 0.1) is 24.1 Å². The van der Waals surface area contributed by atoms with Gasteiger partial charge in [-0.2, -0.15) is 10.4 Å². The Morgan fingerprint density at radius 2 is 2.06 bits per heavy atom. The van der Waals surface area contributed by atoms with Crippen molar-refractivity contribution in [3.05, 3.63) is 41.8 Å². The summed E-state index contributed by atoms with van der Waals surface area (Å²) in [6.07, 6.45) is 3.42. The summed E-state index contributed by atoms with van der Waals surface area (Å²) in [7, 11) is 0. The van der Waals surface area contributed by atoms with E-state index >= 15 is 0 Å². The van der Waals surface area contributed by atoms with Crippen LogP contribution in [0.15, 0.2) is 30.5 Å². The van der Waals surface area contributed by atoms with Gasteiger partial charge in [-0.05, 0) is 55.4 Å². The van der Waals surface area contributed by atoms with Crippen LogP contribution >= 0.6 is 0 Å². The van der Waals surface area contributed by atoms with E-state index < -0.39 is 35.8 Å². The topological polar surface area (TPSA) is 137 Å². The van der Waals surface area contributed by atoms with Gasteiger partial charge in [0.25, 0.3) is 5.91 Å². The van der Waals surface area contributed by atoms with Crippen LogP contribution in [0.5, 0.6) is 0 Å². The number of anilines is 2. The number of nitrogens with one attached hydrogen (secondary N) is 1. The number of hydrogen-bond acceptors (Lipinski definition) is 5. The predicted octanol–water partition coefficient (Wildman–Crippen LogP) is 3.49. The first kappa shape index (κ1) is 21.6. The minimum Gasteiger partial charge on any atom is -0.465 e. The normalized spacial score (nSPS) is 23.9. The molecule has 3 atom stereocenters. The number of aromatic nitrogens is 2. The summed E-state index contributed by atoms with van der Waals surface area (Å²) in [4.78, 5) is 25.5. The van der Waals surface area contributed by atoms with Gasteiger partial charge in [-0.1, -0.05) is 6.92 Å². The Balaban J connectivity index is 1.73. The van der Waals surface area contributed by atoms with E-state index in [1.807, 2.05) is 0 Å². The highest BCUT2D eigenvalue weighted by Crippen LogP contribution is 2.52. The summed E-state index contributed by atoms with van der Waals surface area (Å²) in [5.41, 5.74) is 6.21. The molecule has 2 aromatic rings. The molecule has 4 rings (SSSR count). The van der Waals surface area contributed by atoms with Crippen LogP contribution in [-0.2, 0) is 0 Å². The lowest BCUT2D eigenvalue weighted by Gasteiger charge is -2.43. The molecule has 0 bridgehead atoms. The number of halogens is 1. The van der Waals surface area contributed by atoms with Gasteiger partial charge in [0, 0.05) is 18.4 Å². The zero-order valence-electron chi connectivity index (χ0n) is 17.7. The molecule has 4 N–H and O–H groups in total. The summed E-state index contributed by atoms with van der Waals surface area (Å²) >= 11 is 0. The summed E-state index contributed by atoms with van der Waals surface area (Å²) in [5.74, 6) is -1.42. The molecule has 0 spiro atoms. The second kappa shape index (κ2) is 8.15. The number of carbonyl (C=O) groups is 2. The monoisotopic (exact) mass is 440 g/mol. The minimum atomic E-state index is -1.03. The number of benzene rings is 1. The first-order chi connectivity index (χ1) is 15.2. The van der Waals surface area contributed by atoms with E-state index in [9.17, 15) is 24.3 Å². The fourth-order valence-corrected chi connectivity index (χ4v) is 4.45. The Labute approximate surface area is 184 Å². The molecule has 1 saturated heterocycles. The lowest BCUT2D eigenvalue weighted by molar-refractivity contribution is 0.0488. The van der Waals surface area contributed by atoms with Crippen LogP contribution in [0.4, 0.5) is 20.7 Å². The first-order valence-corrected chi connectivity index (χ1v) is 10.5. The molecular formula is C22H25FN6O3. The van der Waals surface area contributed by atoms with Crippen molar-refractivity contribution in [1.29, 1.82) is 5.26 Å². The largest absolute Gasteiger partial charge is 0.465 e. The zero-order chi connectivity index (χ0) is 23.0. The van der Waals surface area contributed by atoms with Crippen LogP contribution < -0.4 is 11.1 Å². The van der Waals surface area contributed by atoms with Crippen LogP contribution in [0, 0.1) is 28.5 Å². The predicted molar refractivity (Wildman–Crippen MR) is 114 cm³/mol. The number of nitrogens with zero attached hydrogens (tertiary/aromatic N) is 4. The molecule has 32 heavy (non-hydrogen) atoms. The van der Waals surface area contributed by atoms with Crippen molar-refractivity contribution in [3.63, 3.8) is 0 Å². The smallest absolute Gasteiger partial charge is 0.407 e. The molecule has 2 amide bonds. The Hall–Kier alpha value is -3.61. The highest BCUT2D eigenvalue weighted by atomic mass is 19.1. The third-order valence-electron chi connectivity index (χ3n) is 6.51. The number of primary amides is 1. The second-order valence-electron chi connectivity index (χ2n) is 8.94. The molecule has 10 heteroatoms. The summed E-state index contributed by atoms with van der Waals surface area (Å²) in [6, 6.07) is 6.82. The van der Waals surface area contributed by atoms with Crippen LogP contribution in [0.3, 0.4) is 0 Å². The number of carboxylic acid groups (broad SMARTS) is 1. The Bertz CT molecular complexity index is 1070. The van der Waals surface area contributed by atoms with Crippen LogP contribution in [-0.4, -0.2) is 44.4 Å². The highest BCUT2D eigenvalue weighted by Gasteiger charge is 2.48. The van der Waals surface area contributed by atoms with E-state index in [1.165, 1.54) is 40.0 Å². The van der Waals surface area contributed by atoms with Crippen molar-refractivity contribution in [2.75, 3.05) is 11.9 Å². The average molecular weight is 440 g/mol. The molecule has 2 fully saturated rings. The van der Waals surface area contributed by atoms with Gasteiger partial charge in [-0.3, -0.25) is 9.48 Å². The van der Waals surface area contributed by atoms with Crippen LogP contribution in [0.1, 0.15) is 49.0 Å². The molecule has 1 aromatic heterocycles. The fourth-order valence-electron chi connectivity index (χ4n) is 4.45. The zero-order valence-corrected chi connectivity index (χ0v) is 17.7. The molecule has 9 nitrogen and oxygen atoms in total. The molecule has 1 saturated carbocycles. The van der Waals surface area contributed by atoms with Crippen molar-refractivity contribution < 1.29 is 19.1 Å². The second-order valence-corrected chi connectivity index (χ2v) is 8.94. The Kier molecular flexibility index (Phi) is 5.50. The standard InChI is InChI=1S/C22H25FN6O3/c1-22(7-8-22)10-17-18(13(11-24)6-9-28(17)21(31)32)29-12-16(19(25)30)20(27-29)26-15-4-2-14(23)3-5-15/h2-5,12-13,17-18H,6-10H2,1H3,(H2,25,30)(H,26,27)(H,31,32)/t13-,17?,18-/m1/s1. The third kappa shape index (κ3) is 4.23. The van der Waals surface area contributed by atoms with E-state index in [1.54, 1.807) is 0 Å².